The van der Waals surface area contributed by atoms with Gasteiger partial charge in [0.2, 0.25) is 5.82 Å². The molecule has 8 heteroatoms. The van der Waals surface area contributed by atoms with E-state index in [9.17, 15) is 4.79 Å². The fraction of sp³-hybridized carbons (Fsp3) is 0. The molecule has 1 amide bonds. The number of para-hydroxylation sites is 1. The molecule has 2 aromatic carbocycles. The van der Waals surface area contributed by atoms with Gasteiger partial charge in [0.05, 0.1) is 5.69 Å². The first-order valence-corrected chi connectivity index (χ1v) is 7.49. The Bertz CT molecular complexity index is 806. The molecule has 0 radical (unpaired) electrons. The van der Waals surface area contributed by atoms with Crippen LogP contribution >= 0.6 is 12.2 Å². The lowest BCUT2D eigenvalue weighted by Gasteiger charge is -2.05. The third-order valence-corrected chi connectivity index (χ3v) is 3.24. The number of benzene rings is 2. The predicted octanol–water partition coefficient (Wildman–Crippen LogP) is 1.41. The molecule has 0 fully saturated rings. The van der Waals surface area contributed by atoms with Crippen molar-refractivity contribution in [1.82, 2.24) is 25.6 Å². The van der Waals surface area contributed by atoms with Crippen LogP contribution in [0.5, 0.6) is 0 Å². The standard InChI is InChI=1S/C16H14N6OS/c17-16(24)20-19-15(23)13-18-14(11-7-3-1-4-8-11)22(21-13)12-9-5-2-6-10-12/h1-10H,(H,19,23)(H3,17,20,24). The minimum Gasteiger partial charge on any atom is -0.375 e. The molecule has 0 aliphatic rings. The Morgan fingerprint density at radius 1 is 1.00 bits per heavy atom. The van der Waals surface area contributed by atoms with E-state index in [0.29, 0.717) is 5.82 Å². The molecule has 1 heterocycles. The van der Waals surface area contributed by atoms with Crippen LogP contribution in [0.4, 0.5) is 0 Å². The van der Waals surface area contributed by atoms with Crippen LogP contribution in [0, 0.1) is 0 Å². The molecule has 1 aromatic heterocycles. The minimum atomic E-state index is -0.533. The molecule has 7 nitrogen and oxygen atoms in total. The van der Waals surface area contributed by atoms with Crippen LogP contribution in [-0.2, 0) is 0 Å². The van der Waals surface area contributed by atoms with Crippen LogP contribution in [0.15, 0.2) is 60.7 Å². The lowest BCUT2D eigenvalue weighted by atomic mass is 10.2. The Kier molecular flexibility index (Phi) is 4.48. The average molecular weight is 338 g/mol. The number of thiocarbonyl (C=S) groups is 1. The van der Waals surface area contributed by atoms with Gasteiger partial charge in [0.1, 0.15) is 0 Å². The van der Waals surface area contributed by atoms with Gasteiger partial charge in [0.15, 0.2) is 10.9 Å². The molecule has 0 spiro atoms. The second-order valence-electron chi connectivity index (χ2n) is 4.82. The van der Waals surface area contributed by atoms with Gasteiger partial charge < -0.3 is 5.73 Å². The Labute approximate surface area is 143 Å². The molecule has 4 N–H and O–H groups in total. The normalized spacial score (nSPS) is 10.2. The van der Waals surface area contributed by atoms with Crippen LogP contribution in [0.2, 0.25) is 0 Å². The van der Waals surface area contributed by atoms with Gasteiger partial charge in [-0.2, -0.15) is 0 Å². The van der Waals surface area contributed by atoms with Crippen molar-refractivity contribution < 1.29 is 4.79 Å². The number of hydrazine groups is 1. The first kappa shape index (κ1) is 15.6. The lowest BCUT2D eigenvalue weighted by Crippen LogP contribution is -2.44. The summed E-state index contributed by atoms with van der Waals surface area (Å²) < 4.78 is 1.62. The largest absolute Gasteiger partial charge is 0.375 e. The molecule has 120 valence electrons. The molecule has 0 atom stereocenters. The maximum Gasteiger partial charge on any atom is 0.309 e. The molecule has 3 aromatic rings. The lowest BCUT2D eigenvalue weighted by molar-refractivity contribution is 0.0933. The van der Waals surface area contributed by atoms with Crippen LogP contribution in [0.25, 0.3) is 17.1 Å². The number of nitrogens with two attached hydrogens (primary N) is 1. The number of carbonyl (C=O) groups is 1. The second-order valence-corrected chi connectivity index (χ2v) is 5.26. The zero-order chi connectivity index (χ0) is 16.9. The molecule has 0 aliphatic carbocycles. The molecular formula is C16H14N6OS. The molecule has 24 heavy (non-hydrogen) atoms. The fourth-order valence-corrected chi connectivity index (χ4v) is 2.16. The summed E-state index contributed by atoms with van der Waals surface area (Å²) in [6, 6.07) is 19.0. The van der Waals surface area contributed by atoms with Gasteiger partial charge in [-0.1, -0.05) is 48.5 Å². The SMILES string of the molecule is NC(=S)NNC(=O)c1nc(-c2ccccc2)n(-c2ccccc2)n1. The number of hydrogen-bond acceptors (Lipinski definition) is 4. The predicted molar refractivity (Wildman–Crippen MR) is 94.2 cm³/mol. The summed E-state index contributed by atoms with van der Waals surface area (Å²) in [6.45, 7) is 0. The van der Waals surface area contributed by atoms with Gasteiger partial charge in [0, 0.05) is 5.56 Å². The second kappa shape index (κ2) is 6.88. The highest BCUT2D eigenvalue weighted by atomic mass is 32.1. The Morgan fingerprint density at radius 2 is 1.62 bits per heavy atom. The first-order chi connectivity index (χ1) is 11.6. The topological polar surface area (TPSA) is 97.9 Å². The highest BCUT2D eigenvalue weighted by Crippen LogP contribution is 2.20. The molecule has 3 rings (SSSR count). The smallest absolute Gasteiger partial charge is 0.309 e. The highest BCUT2D eigenvalue weighted by Gasteiger charge is 2.18. The summed E-state index contributed by atoms with van der Waals surface area (Å²) in [7, 11) is 0. The highest BCUT2D eigenvalue weighted by molar-refractivity contribution is 7.80. The molecule has 0 saturated heterocycles. The number of amides is 1. The fourth-order valence-electron chi connectivity index (χ4n) is 2.11. The number of rotatable bonds is 3. The van der Waals surface area contributed by atoms with E-state index in [1.165, 1.54) is 0 Å². The van der Waals surface area contributed by atoms with E-state index in [4.69, 9.17) is 5.73 Å². The van der Waals surface area contributed by atoms with E-state index in [-0.39, 0.29) is 10.9 Å². The number of hydrogen-bond donors (Lipinski definition) is 3. The maximum absolute atomic E-state index is 12.2. The van der Waals surface area contributed by atoms with Gasteiger partial charge in [0.25, 0.3) is 0 Å². The average Bonchev–Trinajstić information content (AvgIpc) is 3.06. The summed E-state index contributed by atoms with van der Waals surface area (Å²) in [5, 5.41) is 4.26. The van der Waals surface area contributed by atoms with Gasteiger partial charge >= 0.3 is 5.91 Å². The van der Waals surface area contributed by atoms with Crippen LogP contribution in [0.3, 0.4) is 0 Å². The van der Waals surface area contributed by atoms with Crippen molar-refractivity contribution in [3.8, 4) is 17.1 Å². The van der Waals surface area contributed by atoms with Crippen molar-refractivity contribution in [3.05, 3.63) is 66.5 Å². The summed E-state index contributed by atoms with van der Waals surface area (Å²) in [4.78, 5) is 16.5. The summed E-state index contributed by atoms with van der Waals surface area (Å²) in [5.41, 5.74) is 11.7. The van der Waals surface area contributed by atoms with Crippen LogP contribution < -0.4 is 16.6 Å². The van der Waals surface area contributed by atoms with Gasteiger partial charge in [-0.05, 0) is 24.4 Å². The van der Waals surface area contributed by atoms with Gasteiger partial charge in [-0.3, -0.25) is 15.6 Å². The van der Waals surface area contributed by atoms with E-state index < -0.39 is 5.91 Å². The van der Waals surface area contributed by atoms with Crippen molar-refractivity contribution >= 4 is 23.2 Å². The van der Waals surface area contributed by atoms with E-state index in [0.717, 1.165) is 11.3 Å². The third-order valence-electron chi connectivity index (χ3n) is 3.14. The van der Waals surface area contributed by atoms with E-state index in [2.05, 4.69) is 33.2 Å². The maximum atomic E-state index is 12.2. The molecule has 0 bridgehead atoms. The number of carbonyl (C=O) groups excluding carboxylic acids is 1. The zero-order valence-corrected chi connectivity index (χ0v) is 13.3. The Morgan fingerprint density at radius 3 is 2.25 bits per heavy atom. The molecule has 0 saturated carbocycles. The number of aromatic nitrogens is 3. The Hall–Kier alpha value is -3.26. The van der Waals surface area contributed by atoms with Crippen LogP contribution in [-0.4, -0.2) is 25.8 Å². The van der Waals surface area contributed by atoms with E-state index in [1.807, 2.05) is 60.7 Å². The molecule has 0 unspecified atom stereocenters. The monoisotopic (exact) mass is 338 g/mol. The first-order valence-electron chi connectivity index (χ1n) is 7.09. The number of nitrogens with one attached hydrogen (secondary N) is 2. The molecule has 0 aliphatic heterocycles. The van der Waals surface area contributed by atoms with Gasteiger partial charge in [-0.25, -0.2) is 9.67 Å². The number of nitrogens with zero attached hydrogens (tertiary/aromatic N) is 3. The summed E-state index contributed by atoms with van der Waals surface area (Å²) >= 11 is 4.65. The van der Waals surface area contributed by atoms with Crippen molar-refractivity contribution in [2.24, 2.45) is 5.73 Å². The van der Waals surface area contributed by atoms with E-state index >= 15 is 0 Å². The quantitative estimate of drug-likeness (QED) is 0.493. The Balaban J connectivity index is 2.03. The molecular weight excluding hydrogens is 324 g/mol. The summed E-state index contributed by atoms with van der Waals surface area (Å²) in [5.74, 6) is 0.0263. The van der Waals surface area contributed by atoms with Crippen LogP contribution in [0.1, 0.15) is 10.6 Å². The zero-order valence-electron chi connectivity index (χ0n) is 12.5. The van der Waals surface area contributed by atoms with E-state index in [1.54, 1.807) is 4.68 Å². The van der Waals surface area contributed by atoms with Crippen molar-refractivity contribution in [3.63, 3.8) is 0 Å². The van der Waals surface area contributed by atoms with Crippen molar-refractivity contribution in [2.45, 2.75) is 0 Å². The van der Waals surface area contributed by atoms with Gasteiger partial charge in [-0.15, -0.1) is 5.10 Å². The van der Waals surface area contributed by atoms with Crippen molar-refractivity contribution in [1.29, 1.82) is 0 Å². The van der Waals surface area contributed by atoms with Crippen molar-refractivity contribution in [2.75, 3.05) is 0 Å². The minimum absolute atomic E-state index is 0.00135. The summed E-state index contributed by atoms with van der Waals surface area (Å²) in [6.07, 6.45) is 0. The third kappa shape index (κ3) is 3.39.